The van der Waals surface area contributed by atoms with Gasteiger partial charge in [0.2, 0.25) is 0 Å². The van der Waals surface area contributed by atoms with E-state index in [9.17, 15) is 9.59 Å². The first-order chi connectivity index (χ1) is 12.5. The predicted octanol–water partition coefficient (Wildman–Crippen LogP) is 4.03. The number of urea groups is 1. The lowest BCUT2D eigenvalue weighted by molar-refractivity contribution is 0.101. The van der Waals surface area contributed by atoms with Gasteiger partial charge in [0.05, 0.1) is 18.2 Å². The van der Waals surface area contributed by atoms with E-state index >= 15 is 0 Å². The molecule has 1 aliphatic rings. The third kappa shape index (κ3) is 4.46. The quantitative estimate of drug-likeness (QED) is 0.792. The van der Waals surface area contributed by atoms with Crippen LogP contribution >= 0.6 is 11.6 Å². The van der Waals surface area contributed by atoms with Crippen LogP contribution in [0.2, 0.25) is 5.02 Å². The van der Waals surface area contributed by atoms with Gasteiger partial charge in [-0.25, -0.2) is 4.79 Å². The molecule has 1 heterocycles. The van der Waals surface area contributed by atoms with E-state index in [4.69, 9.17) is 21.1 Å². The number of halogens is 1. The molecule has 0 saturated carbocycles. The van der Waals surface area contributed by atoms with Crippen molar-refractivity contribution in [2.75, 3.05) is 18.5 Å². The van der Waals surface area contributed by atoms with Crippen LogP contribution in [0, 0.1) is 0 Å². The van der Waals surface area contributed by atoms with E-state index in [1.165, 1.54) is 6.92 Å². The Kier molecular flexibility index (Phi) is 5.63. The molecule has 2 amide bonds. The summed E-state index contributed by atoms with van der Waals surface area (Å²) in [4.78, 5) is 23.5. The second-order valence-electron chi connectivity index (χ2n) is 5.90. The van der Waals surface area contributed by atoms with Crippen molar-refractivity contribution in [1.82, 2.24) is 5.32 Å². The summed E-state index contributed by atoms with van der Waals surface area (Å²) in [5, 5.41) is 5.91. The fourth-order valence-corrected chi connectivity index (χ4v) is 2.85. The fraction of sp³-hybridized carbons (Fsp3) is 0.263. The maximum atomic E-state index is 12.1. The Morgan fingerprint density at radius 1 is 1.15 bits per heavy atom. The van der Waals surface area contributed by atoms with Gasteiger partial charge >= 0.3 is 6.03 Å². The molecule has 3 rings (SSSR count). The minimum atomic E-state index is -0.381. The zero-order chi connectivity index (χ0) is 18.5. The van der Waals surface area contributed by atoms with Gasteiger partial charge in [0.25, 0.3) is 0 Å². The van der Waals surface area contributed by atoms with Crippen molar-refractivity contribution in [2.45, 2.75) is 19.9 Å². The molecule has 0 aliphatic carbocycles. The van der Waals surface area contributed by atoms with Crippen molar-refractivity contribution in [3.8, 4) is 11.5 Å². The summed E-state index contributed by atoms with van der Waals surface area (Å²) in [7, 11) is 0. The predicted molar refractivity (Wildman–Crippen MR) is 99.4 cm³/mol. The van der Waals surface area contributed by atoms with Crippen molar-refractivity contribution in [3.63, 3.8) is 0 Å². The SMILES string of the molecule is CC(=O)c1cccc(NC(=O)NCc2cc(Cl)c3c(c2)OCCCO3)c1. The third-order valence-corrected chi connectivity index (χ3v) is 4.12. The van der Waals surface area contributed by atoms with E-state index in [0.29, 0.717) is 41.0 Å². The molecule has 2 N–H and O–H groups in total. The number of ether oxygens (including phenoxy) is 2. The number of benzene rings is 2. The van der Waals surface area contributed by atoms with Crippen molar-refractivity contribution in [1.29, 1.82) is 0 Å². The van der Waals surface area contributed by atoms with Crippen LogP contribution in [-0.2, 0) is 6.54 Å². The van der Waals surface area contributed by atoms with Crippen molar-refractivity contribution >= 4 is 29.1 Å². The Morgan fingerprint density at radius 2 is 1.96 bits per heavy atom. The summed E-state index contributed by atoms with van der Waals surface area (Å²) in [6.07, 6.45) is 0.792. The topological polar surface area (TPSA) is 76.7 Å². The molecule has 2 aromatic carbocycles. The molecule has 0 aromatic heterocycles. The first-order valence-electron chi connectivity index (χ1n) is 8.27. The van der Waals surface area contributed by atoms with E-state index in [-0.39, 0.29) is 18.4 Å². The van der Waals surface area contributed by atoms with Gasteiger partial charge in [-0.3, -0.25) is 4.79 Å². The highest BCUT2D eigenvalue weighted by molar-refractivity contribution is 6.32. The van der Waals surface area contributed by atoms with E-state index in [0.717, 1.165) is 12.0 Å². The number of carbonyl (C=O) groups is 2. The molecular formula is C19H19ClN2O4. The minimum Gasteiger partial charge on any atom is -0.489 e. The highest BCUT2D eigenvalue weighted by Crippen LogP contribution is 2.37. The average molecular weight is 375 g/mol. The molecule has 6 nitrogen and oxygen atoms in total. The molecule has 2 aromatic rings. The third-order valence-electron chi connectivity index (χ3n) is 3.84. The van der Waals surface area contributed by atoms with Gasteiger partial charge in [-0.15, -0.1) is 0 Å². The summed E-state index contributed by atoms with van der Waals surface area (Å²) in [6.45, 7) is 2.88. The van der Waals surface area contributed by atoms with Gasteiger partial charge in [-0.1, -0.05) is 23.7 Å². The monoisotopic (exact) mass is 374 g/mol. The molecule has 0 unspecified atom stereocenters. The number of hydrogen-bond acceptors (Lipinski definition) is 4. The number of amides is 2. The van der Waals surface area contributed by atoms with Crippen LogP contribution in [0.15, 0.2) is 36.4 Å². The Bertz CT molecular complexity index is 838. The Hall–Kier alpha value is -2.73. The molecule has 26 heavy (non-hydrogen) atoms. The lowest BCUT2D eigenvalue weighted by atomic mass is 10.1. The maximum Gasteiger partial charge on any atom is 0.319 e. The maximum absolute atomic E-state index is 12.1. The molecule has 0 bridgehead atoms. The van der Waals surface area contributed by atoms with Crippen LogP contribution in [-0.4, -0.2) is 25.0 Å². The average Bonchev–Trinajstić information content (AvgIpc) is 2.86. The number of nitrogens with one attached hydrogen (secondary N) is 2. The standard InChI is InChI=1S/C19H19ClN2O4/c1-12(23)14-4-2-5-15(10-14)22-19(24)21-11-13-8-16(20)18-17(9-13)25-6-3-7-26-18/h2,4-5,8-10H,3,6-7,11H2,1H3,(H2,21,22,24). The minimum absolute atomic E-state index is 0.0594. The molecule has 0 atom stereocenters. The number of fused-ring (bicyclic) bond motifs is 1. The smallest absolute Gasteiger partial charge is 0.319 e. The number of ketones is 1. The van der Waals surface area contributed by atoms with Crippen LogP contribution < -0.4 is 20.1 Å². The van der Waals surface area contributed by atoms with E-state index in [1.807, 2.05) is 6.07 Å². The first kappa shape index (κ1) is 18.1. The number of hydrogen-bond donors (Lipinski definition) is 2. The van der Waals surface area contributed by atoms with Crippen molar-refractivity contribution in [3.05, 3.63) is 52.5 Å². The lowest BCUT2D eigenvalue weighted by Gasteiger charge is -2.12. The zero-order valence-electron chi connectivity index (χ0n) is 14.3. The number of carbonyl (C=O) groups excluding carboxylic acids is 2. The summed E-state index contributed by atoms with van der Waals surface area (Å²) in [5.74, 6) is 1.07. The number of Topliss-reactive ketones (excluding diaryl/α,β-unsaturated/α-hetero) is 1. The molecule has 0 spiro atoms. The molecule has 7 heteroatoms. The fourth-order valence-electron chi connectivity index (χ4n) is 2.56. The van der Waals surface area contributed by atoms with E-state index in [2.05, 4.69) is 10.6 Å². The molecule has 0 fully saturated rings. The second kappa shape index (κ2) is 8.10. The first-order valence-corrected chi connectivity index (χ1v) is 8.64. The normalized spacial score (nSPS) is 12.8. The van der Waals surface area contributed by atoms with Gasteiger partial charge in [-0.05, 0) is 36.8 Å². The largest absolute Gasteiger partial charge is 0.489 e. The summed E-state index contributed by atoms with van der Waals surface area (Å²) >= 11 is 6.25. The highest BCUT2D eigenvalue weighted by Gasteiger charge is 2.16. The van der Waals surface area contributed by atoms with Crippen molar-refractivity contribution in [2.24, 2.45) is 0 Å². The van der Waals surface area contributed by atoms with Crippen LogP contribution in [0.5, 0.6) is 11.5 Å². The van der Waals surface area contributed by atoms with E-state index < -0.39 is 0 Å². The van der Waals surface area contributed by atoms with Crippen LogP contribution in [0.4, 0.5) is 10.5 Å². The number of anilines is 1. The van der Waals surface area contributed by atoms with E-state index in [1.54, 1.807) is 30.3 Å². The van der Waals surface area contributed by atoms with Gasteiger partial charge < -0.3 is 20.1 Å². The van der Waals surface area contributed by atoms with Gasteiger partial charge in [-0.2, -0.15) is 0 Å². The van der Waals surface area contributed by atoms with Gasteiger partial charge in [0.15, 0.2) is 17.3 Å². The zero-order valence-corrected chi connectivity index (χ0v) is 15.1. The van der Waals surface area contributed by atoms with Crippen LogP contribution in [0.1, 0.15) is 29.3 Å². The second-order valence-corrected chi connectivity index (χ2v) is 6.31. The summed E-state index contributed by atoms with van der Waals surface area (Å²) < 4.78 is 11.2. The van der Waals surface area contributed by atoms with Gasteiger partial charge in [0.1, 0.15) is 0 Å². The summed E-state index contributed by atoms with van der Waals surface area (Å²) in [6, 6.07) is 9.94. The Labute approximate surface area is 156 Å². The summed E-state index contributed by atoms with van der Waals surface area (Å²) in [5.41, 5.74) is 1.89. The highest BCUT2D eigenvalue weighted by atomic mass is 35.5. The van der Waals surface area contributed by atoms with Crippen LogP contribution in [0.3, 0.4) is 0 Å². The Balaban J connectivity index is 1.63. The molecular weight excluding hydrogens is 356 g/mol. The Morgan fingerprint density at radius 3 is 2.77 bits per heavy atom. The molecule has 136 valence electrons. The molecule has 0 radical (unpaired) electrons. The molecule has 0 saturated heterocycles. The molecule has 1 aliphatic heterocycles. The number of rotatable bonds is 4. The van der Waals surface area contributed by atoms with Gasteiger partial charge in [0, 0.05) is 24.2 Å². The van der Waals surface area contributed by atoms with Crippen molar-refractivity contribution < 1.29 is 19.1 Å². The lowest BCUT2D eigenvalue weighted by Crippen LogP contribution is -2.28. The van der Waals surface area contributed by atoms with Crippen LogP contribution in [0.25, 0.3) is 0 Å².